The fourth-order valence-corrected chi connectivity index (χ4v) is 1.48. The Bertz CT molecular complexity index is 411. The highest BCUT2D eigenvalue weighted by Crippen LogP contribution is 2.21. The Morgan fingerprint density at radius 1 is 1.24 bits per heavy atom. The highest BCUT2D eigenvalue weighted by molar-refractivity contribution is 5.54. The maximum absolute atomic E-state index is 3.93. The summed E-state index contributed by atoms with van der Waals surface area (Å²) in [5, 5.41) is 13.9. The first-order valence-corrected chi connectivity index (χ1v) is 6.15. The second-order valence-corrected chi connectivity index (χ2v) is 3.67. The van der Waals surface area contributed by atoms with Gasteiger partial charge in [0.1, 0.15) is 0 Å². The number of benzene rings is 1. The maximum atomic E-state index is 3.93. The summed E-state index contributed by atoms with van der Waals surface area (Å²) >= 11 is 0. The normalized spacial score (nSPS) is 11.5. The summed E-state index contributed by atoms with van der Waals surface area (Å²) in [5.74, 6) is 1.25. The molecular weight excluding hydrogens is 212 g/mol. The van der Waals surface area contributed by atoms with Crippen molar-refractivity contribution in [2.75, 3.05) is 0 Å². The van der Waals surface area contributed by atoms with E-state index in [-0.39, 0.29) is 1.43 Å². The highest BCUT2D eigenvalue weighted by Gasteiger charge is 2.05. The molecular formula is C13H22N4. The highest BCUT2D eigenvalue weighted by atomic mass is 15.5. The molecule has 0 fully saturated rings. The summed E-state index contributed by atoms with van der Waals surface area (Å²) in [7, 11) is 0. The largest absolute Gasteiger partial charge is 0.204 e. The monoisotopic (exact) mass is 234 g/mol. The van der Waals surface area contributed by atoms with Gasteiger partial charge in [-0.3, -0.25) is 0 Å². The molecule has 94 valence electrons. The second kappa shape index (κ2) is 6.78. The number of aromatic amines is 1. The molecule has 1 N–H and O–H groups in total. The molecule has 0 saturated carbocycles. The van der Waals surface area contributed by atoms with Gasteiger partial charge in [0.05, 0.1) is 0 Å². The van der Waals surface area contributed by atoms with E-state index in [1.54, 1.807) is 0 Å². The third-order valence-corrected chi connectivity index (χ3v) is 2.70. The minimum absolute atomic E-state index is 0. The summed E-state index contributed by atoms with van der Waals surface area (Å²) in [6.45, 7) is 8.42. The molecule has 0 aliphatic rings. The average Bonchev–Trinajstić information content (AvgIpc) is 2.94. The van der Waals surface area contributed by atoms with Crippen molar-refractivity contribution in [3.05, 3.63) is 29.8 Å². The SMILES string of the molecule is CC.CCC(C)c1ccc(-c2nn[nH]n2)cc1.[HH]. The van der Waals surface area contributed by atoms with Crippen molar-refractivity contribution in [2.45, 2.75) is 40.0 Å². The number of rotatable bonds is 3. The van der Waals surface area contributed by atoms with Gasteiger partial charge in [0, 0.05) is 6.99 Å². The number of tetrazole rings is 1. The molecule has 1 atom stereocenters. The molecule has 1 unspecified atom stereocenters. The lowest BCUT2D eigenvalue weighted by molar-refractivity contribution is 0.734. The summed E-state index contributed by atoms with van der Waals surface area (Å²) in [5.41, 5.74) is 2.35. The van der Waals surface area contributed by atoms with Crippen molar-refractivity contribution in [3.8, 4) is 11.4 Å². The molecule has 4 nitrogen and oxygen atoms in total. The van der Waals surface area contributed by atoms with Crippen LogP contribution in [-0.2, 0) is 0 Å². The average molecular weight is 234 g/mol. The molecule has 0 aliphatic carbocycles. The Kier molecular flexibility index (Phi) is 5.33. The van der Waals surface area contributed by atoms with Crippen LogP contribution in [-0.4, -0.2) is 20.6 Å². The third kappa shape index (κ3) is 3.37. The van der Waals surface area contributed by atoms with E-state index in [1.807, 2.05) is 26.0 Å². The van der Waals surface area contributed by atoms with E-state index >= 15 is 0 Å². The van der Waals surface area contributed by atoms with Crippen molar-refractivity contribution in [1.29, 1.82) is 0 Å². The minimum atomic E-state index is 0. The van der Waals surface area contributed by atoms with Crippen LogP contribution in [0.4, 0.5) is 0 Å². The smallest absolute Gasteiger partial charge is 0.177 e. The van der Waals surface area contributed by atoms with Crippen LogP contribution in [0.3, 0.4) is 0 Å². The first-order chi connectivity index (χ1) is 8.31. The zero-order valence-corrected chi connectivity index (χ0v) is 10.9. The van der Waals surface area contributed by atoms with Gasteiger partial charge in [-0.05, 0) is 23.1 Å². The molecule has 1 heterocycles. The molecule has 0 radical (unpaired) electrons. The Morgan fingerprint density at radius 3 is 2.35 bits per heavy atom. The van der Waals surface area contributed by atoms with Gasteiger partial charge in [-0.15, -0.1) is 10.2 Å². The van der Waals surface area contributed by atoms with Crippen molar-refractivity contribution in [1.82, 2.24) is 20.6 Å². The molecule has 0 aliphatic heterocycles. The van der Waals surface area contributed by atoms with Crippen LogP contribution in [0.25, 0.3) is 11.4 Å². The maximum Gasteiger partial charge on any atom is 0.204 e. The van der Waals surface area contributed by atoms with Gasteiger partial charge in [0.15, 0.2) is 0 Å². The van der Waals surface area contributed by atoms with Crippen molar-refractivity contribution >= 4 is 0 Å². The Labute approximate surface area is 104 Å². The first kappa shape index (κ1) is 13.4. The predicted molar refractivity (Wildman–Crippen MR) is 71.8 cm³/mol. The van der Waals surface area contributed by atoms with Crippen LogP contribution >= 0.6 is 0 Å². The molecule has 0 bridgehead atoms. The Balaban J connectivity index is 0.000000917. The fraction of sp³-hybridized carbons (Fsp3) is 0.462. The summed E-state index contributed by atoms with van der Waals surface area (Å²) < 4.78 is 0. The lowest BCUT2D eigenvalue weighted by atomic mass is 9.97. The summed E-state index contributed by atoms with van der Waals surface area (Å²) in [4.78, 5) is 0. The van der Waals surface area contributed by atoms with Gasteiger partial charge in [-0.2, -0.15) is 5.21 Å². The van der Waals surface area contributed by atoms with Crippen LogP contribution in [0.15, 0.2) is 24.3 Å². The number of hydrogen-bond donors (Lipinski definition) is 1. The zero-order valence-electron chi connectivity index (χ0n) is 10.9. The zero-order chi connectivity index (χ0) is 12.7. The number of hydrogen-bond acceptors (Lipinski definition) is 3. The van der Waals surface area contributed by atoms with E-state index in [4.69, 9.17) is 0 Å². The van der Waals surface area contributed by atoms with Gasteiger partial charge >= 0.3 is 0 Å². The van der Waals surface area contributed by atoms with Crippen molar-refractivity contribution in [2.24, 2.45) is 0 Å². The minimum Gasteiger partial charge on any atom is -0.177 e. The van der Waals surface area contributed by atoms with E-state index in [1.165, 1.54) is 5.56 Å². The lowest BCUT2D eigenvalue weighted by Gasteiger charge is -2.08. The van der Waals surface area contributed by atoms with E-state index in [0.717, 1.165) is 12.0 Å². The Morgan fingerprint density at radius 2 is 1.88 bits per heavy atom. The van der Waals surface area contributed by atoms with Gasteiger partial charge in [0.2, 0.25) is 5.82 Å². The number of aromatic nitrogens is 4. The quantitative estimate of drug-likeness (QED) is 0.881. The standard InChI is InChI=1S/C11H14N4.C2H6.H2/c1-3-8(2)9-4-6-10(7-5-9)11-12-14-15-13-11;1-2;/h4-8H,3H2,1-2H3,(H,12,13,14,15);1-2H3;1H. The number of nitrogens with one attached hydrogen (secondary N) is 1. The predicted octanol–water partition coefficient (Wildman–Crippen LogP) is 3.65. The fourth-order valence-electron chi connectivity index (χ4n) is 1.48. The van der Waals surface area contributed by atoms with Crippen LogP contribution in [0.5, 0.6) is 0 Å². The topological polar surface area (TPSA) is 54.5 Å². The van der Waals surface area contributed by atoms with Crippen LogP contribution in [0, 0.1) is 0 Å². The van der Waals surface area contributed by atoms with E-state index < -0.39 is 0 Å². The number of H-pyrrole nitrogens is 1. The molecule has 0 saturated heterocycles. The lowest BCUT2D eigenvalue weighted by Crippen LogP contribution is -1.91. The molecule has 2 aromatic rings. The van der Waals surface area contributed by atoms with Crippen LogP contribution < -0.4 is 0 Å². The van der Waals surface area contributed by atoms with E-state index in [2.05, 4.69) is 46.6 Å². The molecule has 0 spiro atoms. The third-order valence-electron chi connectivity index (χ3n) is 2.70. The number of nitrogens with zero attached hydrogens (tertiary/aromatic N) is 3. The molecule has 17 heavy (non-hydrogen) atoms. The second-order valence-electron chi connectivity index (χ2n) is 3.67. The van der Waals surface area contributed by atoms with E-state index in [0.29, 0.717) is 11.7 Å². The Hall–Kier alpha value is -1.71. The molecule has 1 aromatic carbocycles. The summed E-state index contributed by atoms with van der Waals surface area (Å²) in [6.07, 6.45) is 1.15. The van der Waals surface area contributed by atoms with Gasteiger partial charge < -0.3 is 0 Å². The van der Waals surface area contributed by atoms with Gasteiger partial charge in [0.25, 0.3) is 0 Å². The molecule has 1 aromatic heterocycles. The van der Waals surface area contributed by atoms with E-state index in [9.17, 15) is 0 Å². The molecule has 2 rings (SSSR count). The van der Waals surface area contributed by atoms with Crippen LogP contribution in [0.2, 0.25) is 0 Å². The summed E-state index contributed by atoms with van der Waals surface area (Å²) in [6, 6.07) is 8.32. The van der Waals surface area contributed by atoms with Gasteiger partial charge in [-0.1, -0.05) is 52.0 Å². The van der Waals surface area contributed by atoms with Gasteiger partial charge in [-0.25, -0.2) is 0 Å². The van der Waals surface area contributed by atoms with Crippen LogP contribution in [0.1, 0.15) is 47.0 Å². The molecule has 0 amide bonds. The van der Waals surface area contributed by atoms with Crippen molar-refractivity contribution < 1.29 is 1.43 Å². The molecule has 4 heteroatoms. The first-order valence-electron chi connectivity index (χ1n) is 6.15. The van der Waals surface area contributed by atoms with Crippen molar-refractivity contribution in [3.63, 3.8) is 0 Å².